The Morgan fingerprint density at radius 1 is 1.33 bits per heavy atom. The summed E-state index contributed by atoms with van der Waals surface area (Å²) in [5, 5.41) is 14.4. The predicted molar refractivity (Wildman–Crippen MR) is 72.5 cm³/mol. The summed E-state index contributed by atoms with van der Waals surface area (Å²) in [5.41, 5.74) is 4.54. The number of aliphatic hydroxyl groups excluding tert-OH is 1. The van der Waals surface area contributed by atoms with Crippen LogP contribution < -0.4 is 0 Å². The fraction of sp³-hybridized carbons (Fsp3) is 0.400. The quantitative estimate of drug-likeness (QED) is 0.898. The molecule has 2 rings (SSSR count). The van der Waals surface area contributed by atoms with Crippen molar-refractivity contribution in [3.05, 3.63) is 52.8 Å². The number of aryl methyl sites for hydroxylation is 3. The van der Waals surface area contributed by atoms with Crippen LogP contribution >= 0.6 is 0 Å². The van der Waals surface area contributed by atoms with Crippen molar-refractivity contribution in [1.29, 1.82) is 0 Å². The Bertz CT molecular complexity index is 531. The summed E-state index contributed by atoms with van der Waals surface area (Å²) >= 11 is 0. The third kappa shape index (κ3) is 2.79. The van der Waals surface area contributed by atoms with E-state index in [2.05, 4.69) is 37.1 Å². The molecule has 0 aliphatic heterocycles. The van der Waals surface area contributed by atoms with Gasteiger partial charge in [-0.3, -0.25) is 4.68 Å². The summed E-state index contributed by atoms with van der Waals surface area (Å²) in [7, 11) is 0. The van der Waals surface area contributed by atoms with Gasteiger partial charge in [0, 0.05) is 24.7 Å². The third-order valence-corrected chi connectivity index (χ3v) is 3.28. The van der Waals surface area contributed by atoms with Gasteiger partial charge in [-0.2, -0.15) is 5.10 Å². The summed E-state index contributed by atoms with van der Waals surface area (Å²) < 4.78 is 1.83. The van der Waals surface area contributed by atoms with Crippen LogP contribution in [0.25, 0.3) is 0 Å². The van der Waals surface area contributed by atoms with Gasteiger partial charge < -0.3 is 5.11 Å². The molecule has 1 atom stereocenters. The van der Waals surface area contributed by atoms with Crippen molar-refractivity contribution in [1.82, 2.24) is 9.78 Å². The minimum atomic E-state index is -0.481. The van der Waals surface area contributed by atoms with Crippen LogP contribution in [0.15, 0.2) is 30.6 Å². The van der Waals surface area contributed by atoms with Crippen molar-refractivity contribution >= 4 is 0 Å². The highest BCUT2D eigenvalue weighted by atomic mass is 16.3. The SMILES string of the molecule is CCn1cc(C(O)Cc2cc(C)ccc2C)cn1. The fourth-order valence-electron chi connectivity index (χ4n) is 2.07. The van der Waals surface area contributed by atoms with E-state index in [1.54, 1.807) is 6.20 Å². The van der Waals surface area contributed by atoms with Crippen LogP contribution in [0.4, 0.5) is 0 Å². The van der Waals surface area contributed by atoms with Gasteiger partial charge in [-0.15, -0.1) is 0 Å². The number of aromatic nitrogens is 2. The van der Waals surface area contributed by atoms with Crippen molar-refractivity contribution in [3.63, 3.8) is 0 Å². The second-order valence-electron chi connectivity index (χ2n) is 4.78. The summed E-state index contributed by atoms with van der Waals surface area (Å²) in [6, 6.07) is 6.34. The first kappa shape index (κ1) is 12.8. The van der Waals surface area contributed by atoms with E-state index in [0.29, 0.717) is 6.42 Å². The molecule has 96 valence electrons. The number of hydrogen-bond acceptors (Lipinski definition) is 2. The van der Waals surface area contributed by atoms with Crippen molar-refractivity contribution in [3.8, 4) is 0 Å². The molecule has 0 bridgehead atoms. The van der Waals surface area contributed by atoms with E-state index < -0.39 is 6.10 Å². The van der Waals surface area contributed by atoms with Crippen LogP contribution in [0.5, 0.6) is 0 Å². The lowest BCUT2D eigenvalue weighted by molar-refractivity contribution is 0.178. The minimum Gasteiger partial charge on any atom is -0.388 e. The molecule has 0 spiro atoms. The maximum Gasteiger partial charge on any atom is 0.0860 e. The van der Waals surface area contributed by atoms with E-state index in [-0.39, 0.29) is 0 Å². The zero-order valence-corrected chi connectivity index (χ0v) is 11.2. The van der Waals surface area contributed by atoms with Gasteiger partial charge in [0.05, 0.1) is 12.3 Å². The molecule has 1 aromatic heterocycles. The Kier molecular flexibility index (Phi) is 3.82. The molecule has 1 heterocycles. The Morgan fingerprint density at radius 3 is 2.78 bits per heavy atom. The topological polar surface area (TPSA) is 38.0 Å². The Balaban J connectivity index is 2.15. The third-order valence-electron chi connectivity index (χ3n) is 3.28. The number of aliphatic hydroxyl groups is 1. The molecule has 3 nitrogen and oxygen atoms in total. The van der Waals surface area contributed by atoms with Gasteiger partial charge in [-0.1, -0.05) is 23.8 Å². The van der Waals surface area contributed by atoms with Gasteiger partial charge in [-0.25, -0.2) is 0 Å². The highest BCUT2D eigenvalue weighted by Gasteiger charge is 2.12. The van der Waals surface area contributed by atoms with Gasteiger partial charge >= 0.3 is 0 Å². The molecule has 0 saturated heterocycles. The first-order chi connectivity index (χ1) is 8.60. The molecule has 0 fully saturated rings. The van der Waals surface area contributed by atoms with Crippen molar-refractivity contribution in [2.75, 3.05) is 0 Å². The number of benzene rings is 1. The lowest BCUT2D eigenvalue weighted by Gasteiger charge is -2.11. The Hall–Kier alpha value is -1.61. The van der Waals surface area contributed by atoms with Gasteiger partial charge in [0.1, 0.15) is 0 Å². The number of rotatable bonds is 4. The van der Waals surface area contributed by atoms with E-state index >= 15 is 0 Å². The zero-order valence-electron chi connectivity index (χ0n) is 11.2. The van der Waals surface area contributed by atoms with E-state index in [4.69, 9.17) is 0 Å². The highest BCUT2D eigenvalue weighted by Crippen LogP contribution is 2.20. The van der Waals surface area contributed by atoms with Gasteiger partial charge in [0.25, 0.3) is 0 Å². The van der Waals surface area contributed by atoms with Crippen LogP contribution in [0, 0.1) is 13.8 Å². The number of hydrogen-bond donors (Lipinski definition) is 1. The predicted octanol–water partition coefficient (Wildman–Crippen LogP) is 2.80. The lowest BCUT2D eigenvalue weighted by atomic mass is 9.98. The normalized spacial score (nSPS) is 12.7. The largest absolute Gasteiger partial charge is 0.388 e. The second kappa shape index (κ2) is 5.36. The van der Waals surface area contributed by atoms with E-state index in [1.807, 2.05) is 17.8 Å². The van der Waals surface area contributed by atoms with Crippen molar-refractivity contribution < 1.29 is 5.11 Å². The van der Waals surface area contributed by atoms with Gasteiger partial charge in [0.2, 0.25) is 0 Å². The van der Waals surface area contributed by atoms with E-state index in [1.165, 1.54) is 16.7 Å². The first-order valence-electron chi connectivity index (χ1n) is 6.36. The van der Waals surface area contributed by atoms with Crippen LogP contribution in [0.3, 0.4) is 0 Å². The number of nitrogens with zero attached hydrogens (tertiary/aromatic N) is 2. The van der Waals surface area contributed by atoms with Crippen LogP contribution in [0.2, 0.25) is 0 Å². The van der Waals surface area contributed by atoms with Crippen molar-refractivity contribution in [2.45, 2.75) is 39.8 Å². The van der Waals surface area contributed by atoms with Crippen LogP contribution in [-0.4, -0.2) is 14.9 Å². The molecule has 18 heavy (non-hydrogen) atoms. The van der Waals surface area contributed by atoms with Gasteiger partial charge in [-0.05, 0) is 31.9 Å². The molecule has 1 unspecified atom stereocenters. The molecule has 0 saturated carbocycles. The second-order valence-corrected chi connectivity index (χ2v) is 4.78. The molecular formula is C15H20N2O. The highest BCUT2D eigenvalue weighted by molar-refractivity contribution is 5.31. The Morgan fingerprint density at radius 2 is 2.11 bits per heavy atom. The monoisotopic (exact) mass is 244 g/mol. The van der Waals surface area contributed by atoms with Gasteiger partial charge in [0.15, 0.2) is 0 Å². The molecule has 1 N–H and O–H groups in total. The molecule has 0 aliphatic carbocycles. The smallest absolute Gasteiger partial charge is 0.0860 e. The van der Waals surface area contributed by atoms with Crippen LogP contribution in [0.1, 0.15) is 35.3 Å². The molecule has 2 aromatic rings. The van der Waals surface area contributed by atoms with E-state index in [9.17, 15) is 5.11 Å². The summed E-state index contributed by atoms with van der Waals surface area (Å²) in [6.45, 7) is 7.02. The first-order valence-corrected chi connectivity index (χ1v) is 6.36. The average molecular weight is 244 g/mol. The maximum atomic E-state index is 10.2. The Labute approximate surface area is 108 Å². The minimum absolute atomic E-state index is 0.481. The average Bonchev–Trinajstić information content (AvgIpc) is 2.82. The van der Waals surface area contributed by atoms with Crippen molar-refractivity contribution in [2.24, 2.45) is 0 Å². The summed E-state index contributed by atoms with van der Waals surface area (Å²) in [5.74, 6) is 0. The maximum absolute atomic E-state index is 10.2. The van der Waals surface area contributed by atoms with Crippen LogP contribution in [-0.2, 0) is 13.0 Å². The molecule has 0 aliphatic rings. The fourth-order valence-corrected chi connectivity index (χ4v) is 2.07. The molecule has 3 heteroatoms. The van der Waals surface area contributed by atoms with E-state index in [0.717, 1.165) is 12.1 Å². The summed E-state index contributed by atoms with van der Waals surface area (Å²) in [6.07, 6.45) is 3.82. The molecule has 0 radical (unpaired) electrons. The zero-order chi connectivity index (χ0) is 13.1. The molecule has 1 aromatic carbocycles. The molecule has 0 amide bonds. The summed E-state index contributed by atoms with van der Waals surface area (Å²) in [4.78, 5) is 0. The standard InChI is InChI=1S/C15H20N2O/c1-4-17-10-14(9-16-17)15(18)8-13-7-11(2)5-6-12(13)3/h5-7,9-10,15,18H,4,8H2,1-3H3. The lowest BCUT2D eigenvalue weighted by Crippen LogP contribution is -2.03. The molecular weight excluding hydrogens is 224 g/mol.